The quantitative estimate of drug-likeness (QED) is 0.944. The molecule has 1 aromatic carbocycles. The monoisotopic (exact) mass is 296 g/mol. The van der Waals surface area contributed by atoms with Crippen LogP contribution in [-0.2, 0) is 12.7 Å². The number of hydrogen-bond acceptors (Lipinski definition) is 2. The lowest BCUT2D eigenvalue weighted by molar-refractivity contribution is -0.137. The molecule has 0 saturated heterocycles. The summed E-state index contributed by atoms with van der Waals surface area (Å²) >= 11 is 0. The number of hydrogen-bond donors (Lipinski definition) is 1. The van der Waals surface area contributed by atoms with E-state index in [0.29, 0.717) is 11.8 Å². The van der Waals surface area contributed by atoms with Crippen molar-refractivity contribution in [3.8, 4) is 0 Å². The van der Waals surface area contributed by atoms with Crippen LogP contribution in [0.3, 0.4) is 0 Å². The highest BCUT2D eigenvalue weighted by Crippen LogP contribution is 2.29. The average Bonchev–Trinajstić information content (AvgIpc) is 2.46. The topological polar surface area (TPSA) is 42.0 Å². The van der Waals surface area contributed by atoms with Crippen molar-refractivity contribution in [1.29, 1.82) is 0 Å². The van der Waals surface area contributed by atoms with E-state index in [4.69, 9.17) is 2.74 Å². The first kappa shape index (κ1) is 12.4. The number of carbonyl (C=O) groups excluding carboxylic acids is 1. The molecule has 2 rings (SSSR count). The summed E-state index contributed by atoms with van der Waals surface area (Å²) < 4.78 is 53.9. The molecular formula is C15H13F3N2O. The smallest absolute Gasteiger partial charge is 0.348 e. The number of halogens is 3. The van der Waals surface area contributed by atoms with Gasteiger partial charge < -0.3 is 5.32 Å². The van der Waals surface area contributed by atoms with Crippen LogP contribution < -0.4 is 5.32 Å². The third-order valence-corrected chi connectivity index (χ3v) is 2.76. The third kappa shape index (κ3) is 3.81. The molecule has 0 spiro atoms. The van der Waals surface area contributed by atoms with Gasteiger partial charge >= 0.3 is 6.18 Å². The van der Waals surface area contributed by atoms with Crippen molar-refractivity contribution in [3.63, 3.8) is 0 Å². The highest BCUT2D eigenvalue weighted by atomic mass is 19.4. The fourth-order valence-corrected chi connectivity index (χ4v) is 1.69. The van der Waals surface area contributed by atoms with Crippen LogP contribution in [0.5, 0.6) is 0 Å². The fourth-order valence-electron chi connectivity index (χ4n) is 1.69. The predicted molar refractivity (Wildman–Crippen MR) is 71.6 cm³/mol. The number of benzene rings is 1. The minimum atomic E-state index is -4.59. The fraction of sp³-hybridized carbons (Fsp3) is 0.200. The predicted octanol–water partition coefficient (Wildman–Crippen LogP) is 3.34. The van der Waals surface area contributed by atoms with Gasteiger partial charge in [-0.3, -0.25) is 9.78 Å². The Kier molecular flexibility index (Phi) is 3.51. The first-order valence-corrected chi connectivity index (χ1v) is 6.03. The number of aryl methyl sites for hydroxylation is 1. The maximum absolute atomic E-state index is 12.7. The average molecular weight is 296 g/mol. The Balaban J connectivity index is 2.29. The van der Waals surface area contributed by atoms with Crippen molar-refractivity contribution >= 4 is 5.91 Å². The maximum Gasteiger partial charge on any atom is 0.416 e. The molecule has 0 unspecified atom stereocenters. The summed E-state index contributed by atoms with van der Waals surface area (Å²) in [5.74, 6) is -0.752. The number of pyridine rings is 1. The minimum absolute atomic E-state index is 0.156. The maximum atomic E-state index is 12.7. The van der Waals surface area contributed by atoms with Gasteiger partial charge in [0.2, 0.25) is 0 Å². The van der Waals surface area contributed by atoms with Gasteiger partial charge in [0.15, 0.2) is 0 Å². The van der Waals surface area contributed by atoms with E-state index in [0.717, 1.165) is 12.1 Å². The molecular weight excluding hydrogens is 281 g/mol. The van der Waals surface area contributed by atoms with E-state index in [1.807, 2.05) is 0 Å². The zero-order valence-electron chi connectivity index (χ0n) is 13.0. The van der Waals surface area contributed by atoms with Crippen LogP contribution in [0, 0.1) is 6.92 Å². The van der Waals surface area contributed by atoms with Gasteiger partial charge in [0.25, 0.3) is 5.91 Å². The van der Waals surface area contributed by atoms with E-state index in [1.54, 1.807) is 6.92 Å². The lowest BCUT2D eigenvalue weighted by Gasteiger charge is -2.10. The number of alkyl halides is 3. The second-order valence-corrected chi connectivity index (χ2v) is 4.29. The Morgan fingerprint density at radius 3 is 2.76 bits per heavy atom. The summed E-state index contributed by atoms with van der Waals surface area (Å²) in [7, 11) is 0. The van der Waals surface area contributed by atoms with Crippen LogP contribution in [0.4, 0.5) is 13.2 Å². The van der Waals surface area contributed by atoms with Gasteiger partial charge in [-0.25, -0.2) is 0 Å². The van der Waals surface area contributed by atoms with Crippen LogP contribution in [0.15, 0.2) is 42.6 Å². The van der Waals surface area contributed by atoms with E-state index in [2.05, 4.69) is 10.3 Å². The number of amides is 1. The van der Waals surface area contributed by atoms with Gasteiger partial charge in [-0.1, -0.05) is 12.1 Å². The van der Waals surface area contributed by atoms with Gasteiger partial charge in [-0.2, -0.15) is 13.2 Å². The molecule has 1 amide bonds. The zero-order chi connectivity index (χ0) is 17.3. The molecule has 1 heterocycles. The third-order valence-electron chi connectivity index (χ3n) is 2.76. The number of nitrogens with zero attached hydrogens (tertiary/aromatic N) is 1. The Hall–Kier alpha value is -2.37. The summed E-state index contributed by atoms with van der Waals surface area (Å²) in [4.78, 5) is 16.0. The van der Waals surface area contributed by atoms with Crippen molar-refractivity contribution in [2.45, 2.75) is 19.6 Å². The van der Waals surface area contributed by atoms with Crippen LogP contribution in [-0.4, -0.2) is 10.9 Å². The van der Waals surface area contributed by atoms with E-state index in [1.165, 1.54) is 24.4 Å². The molecule has 0 radical (unpaired) electrons. The highest BCUT2D eigenvalue weighted by Gasteiger charge is 2.30. The summed E-state index contributed by atoms with van der Waals surface area (Å²) in [6.45, 7) is -0.880. The number of rotatable bonds is 3. The molecule has 3 nitrogen and oxygen atoms in total. The summed E-state index contributed by atoms with van der Waals surface area (Å²) in [5, 5.41) is 2.10. The second-order valence-electron chi connectivity index (χ2n) is 4.29. The first-order valence-electron chi connectivity index (χ1n) is 7.03. The molecule has 2 aromatic rings. The standard InChI is InChI=1S/C15H13F3N2O/c1-10-13(6-3-7-19-10)14(21)20-9-11-4-2-5-12(8-11)15(16,17)18/h2-8H,9H2,1H3,(H,20,21)/i9D2. The molecule has 21 heavy (non-hydrogen) atoms. The largest absolute Gasteiger partial charge is 0.416 e. The zero-order valence-corrected chi connectivity index (χ0v) is 11.0. The van der Waals surface area contributed by atoms with E-state index >= 15 is 0 Å². The Labute approximate surface area is 122 Å². The number of aromatic nitrogens is 1. The van der Waals surface area contributed by atoms with Gasteiger partial charge in [0.1, 0.15) is 0 Å². The minimum Gasteiger partial charge on any atom is -0.348 e. The van der Waals surface area contributed by atoms with Gasteiger partial charge in [-0.15, -0.1) is 0 Å². The lowest BCUT2D eigenvalue weighted by atomic mass is 10.1. The Morgan fingerprint density at radius 2 is 2.10 bits per heavy atom. The molecule has 1 aromatic heterocycles. The second kappa shape index (κ2) is 5.95. The molecule has 110 valence electrons. The van der Waals surface area contributed by atoms with Gasteiger partial charge in [0.05, 0.1) is 13.9 Å². The van der Waals surface area contributed by atoms with E-state index in [-0.39, 0.29) is 11.1 Å². The first-order chi connectivity index (χ1) is 10.6. The lowest BCUT2D eigenvalue weighted by Crippen LogP contribution is -2.24. The van der Waals surface area contributed by atoms with E-state index < -0.39 is 24.1 Å². The van der Waals surface area contributed by atoms with Crippen LogP contribution in [0.1, 0.15) is 29.9 Å². The molecule has 6 heteroatoms. The van der Waals surface area contributed by atoms with E-state index in [9.17, 15) is 18.0 Å². The van der Waals surface area contributed by atoms with Crippen molar-refractivity contribution in [1.82, 2.24) is 10.3 Å². The molecule has 0 bridgehead atoms. The normalized spacial score (nSPS) is 13.3. The molecule has 0 aliphatic rings. The SMILES string of the molecule is [2H]C([2H])(NC(=O)c1cccnc1C)c1cccc(C(F)(F)F)c1. The molecule has 0 fully saturated rings. The molecule has 0 atom stereocenters. The highest BCUT2D eigenvalue weighted by molar-refractivity contribution is 5.95. The molecule has 0 aliphatic carbocycles. The number of carbonyl (C=O) groups is 1. The van der Waals surface area contributed by atoms with Crippen molar-refractivity contribution in [2.24, 2.45) is 0 Å². The van der Waals surface area contributed by atoms with Crippen LogP contribution >= 0.6 is 0 Å². The van der Waals surface area contributed by atoms with Crippen molar-refractivity contribution < 1.29 is 20.7 Å². The number of nitrogens with one attached hydrogen (secondary N) is 1. The van der Waals surface area contributed by atoms with Gasteiger partial charge in [0, 0.05) is 18.4 Å². The summed E-state index contributed by atoms with van der Waals surface area (Å²) in [6, 6.07) is 6.77. The summed E-state index contributed by atoms with van der Waals surface area (Å²) in [6.07, 6.45) is -3.11. The molecule has 0 aliphatic heterocycles. The van der Waals surface area contributed by atoms with Crippen LogP contribution in [0.2, 0.25) is 0 Å². The molecule has 1 N–H and O–H groups in total. The van der Waals surface area contributed by atoms with Crippen molar-refractivity contribution in [3.05, 3.63) is 65.0 Å². The molecule has 0 saturated carbocycles. The summed E-state index contributed by atoms with van der Waals surface area (Å²) in [5.41, 5.74) is -0.721. The Morgan fingerprint density at radius 1 is 1.33 bits per heavy atom. The Bertz CT molecular complexity index is 733. The van der Waals surface area contributed by atoms with Crippen molar-refractivity contribution in [2.75, 3.05) is 0 Å². The van der Waals surface area contributed by atoms with Crippen LogP contribution in [0.25, 0.3) is 0 Å². The van der Waals surface area contributed by atoms with Gasteiger partial charge in [-0.05, 0) is 36.8 Å².